The minimum absolute atomic E-state index is 0.111. The molecule has 0 N–H and O–H groups in total. The Bertz CT molecular complexity index is 743. The molecule has 1 fully saturated rings. The molecule has 1 unspecified atom stereocenters. The van der Waals surface area contributed by atoms with Crippen LogP contribution < -0.4 is 9.64 Å². The maximum atomic E-state index is 12.8. The quantitative estimate of drug-likeness (QED) is 0.827. The topological polar surface area (TPSA) is 45.7 Å². The van der Waals surface area contributed by atoms with Crippen molar-refractivity contribution in [2.75, 3.05) is 38.7 Å². The second-order valence-electron chi connectivity index (χ2n) is 7.14. The molecule has 1 atom stereocenters. The van der Waals surface area contributed by atoms with Crippen molar-refractivity contribution in [2.24, 2.45) is 5.92 Å². The third-order valence-electron chi connectivity index (χ3n) is 4.79. The number of ether oxygens (including phenoxy) is 1. The lowest BCUT2D eigenvalue weighted by atomic mass is 9.98. The zero-order chi connectivity index (χ0) is 18.5. The maximum absolute atomic E-state index is 12.8. The van der Waals surface area contributed by atoms with Crippen molar-refractivity contribution >= 4 is 11.6 Å². The van der Waals surface area contributed by atoms with E-state index in [4.69, 9.17) is 4.74 Å². The number of benzene rings is 1. The Balaban J connectivity index is 1.58. The first-order valence-corrected chi connectivity index (χ1v) is 9.15. The highest BCUT2D eigenvalue weighted by Gasteiger charge is 2.25. The number of amides is 1. The average molecular weight is 353 g/mol. The lowest BCUT2D eigenvalue weighted by Crippen LogP contribution is -2.41. The molecule has 26 heavy (non-hydrogen) atoms. The molecule has 0 saturated carbocycles. The van der Waals surface area contributed by atoms with Gasteiger partial charge in [0.2, 0.25) is 0 Å². The molecular weight excluding hydrogens is 326 g/mol. The molecule has 1 aromatic carbocycles. The monoisotopic (exact) mass is 353 g/mol. The van der Waals surface area contributed by atoms with Crippen molar-refractivity contribution in [3.05, 3.63) is 53.9 Å². The minimum atomic E-state index is 0.111. The van der Waals surface area contributed by atoms with Crippen molar-refractivity contribution in [3.63, 3.8) is 0 Å². The fraction of sp³-hybridized carbons (Fsp3) is 0.429. The second kappa shape index (κ2) is 8.21. The molecule has 1 saturated heterocycles. The third-order valence-corrected chi connectivity index (χ3v) is 4.79. The van der Waals surface area contributed by atoms with Crippen LogP contribution in [0.3, 0.4) is 0 Å². The van der Waals surface area contributed by atoms with Gasteiger partial charge in [-0.1, -0.05) is 0 Å². The summed E-state index contributed by atoms with van der Waals surface area (Å²) in [5.74, 6) is 1.32. The van der Waals surface area contributed by atoms with Gasteiger partial charge >= 0.3 is 0 Å². The minimum Gasteiger partial charge on any atom is -0.493 e. The number of aryl methyl sites for hydroxylation is 1. The van der Waals surface area contributed by atoms with Crippen LogP contribution in [-0.4, -0.2) is 49.6 Å². The van der Waals surface area contributed by atoms with Crippen LogP contribution in [0.4, 0.5) is 5.69 Å². The summed E-state index contributed by atoms with van der Waals surface area (Å²) in [6.45, 7) is 4.15. The number of hydrogen-bond donors (Lipinski definition) is 0. The summed E-state index contributed by atoms with van der Waals surface area (Å²) >= 11 is 0. The van der Waals surface area contributed by atoms with Crippen molar-refractivity contribution in [1.82, 2.24) is 9.88 Å². The van der Waals surface area contributed by atoms with Crippen molar-refractivity contribution in [2.45, 2.75) is 19.8 Å². The molecule has 0 radical (unpaired) electrons. The number of aromatic nitrogens is 1. The highest BCUT2D eigenvalue weighted by molar-refractivity contribution is 5.94. The summed E-state index contributed by atoms with van der Waals surface area (Å²) in [4.78, 5) is 21.0. The number of piperidine rings is 1. The Kier molecular flexibility index (Phi) is 5.76. The van der Waals surface area contributed by atoms with E-state index in [0.29, 0.717) is 12.5 Å². The lowest BCUT2D eigenvalue weighted by molar-refractivity contribution is 0.0633. The van der Waals surface area contributed by atoms with Crippen LogP contribution in [0.5, 0.6) is 5.75 Å². The Morgan fingerprint density at radius 2 is 2.04 bits per heavy atom. The van der Waals surface area contributed by atoms with Gasteiger partial charge in [0.25, 0.3) is 5.91 Å². The van der Waals surface area contributed by atoms with Gasteiger partial charge in [0.05, 0.1) is 6.61 Å². The van der Waals surface area contributed by atoms with Crippen LogP contribution in [0.2, 0.25) is 0 Å². The van der Waals surface area contributed by atoms with Gasteiger partial charge in [-0.3, -0.25) is 9.78 Å². The molecule has 3 rings (SSSR count). The van der Waals surface area contributed by atoms with Crippen LogP contribution >= 0.6 is 0 Å². The van der Waals surface area contributed by atoms with Crippen molar-refractivity contribution in [3.8, 4) is 5.75 Å². The highest BCUT2D eigenvalue weighted by atomic mass is 16.5. The van der Waals surface area contributed by atoms with Crippen LogP contribution in [-0.2, 0) is 0 Å². The average Bonchev–Trinajstić information content (AvgIpc) is 2.66. The fourth-order valence-electron chi connectivity index (χ4n) is 3.29. The Labute approximate surface area is 155 Å². The van der Waals surface area contributed by atoms with E-state index in [1.54, 1.807) is 6.20 Å². The van der Waals surface area contributed by atoms with Crippen LogP contribution in [0.15, 0.2) is 42.6 Å². The van der Waals surface area contributed by atoms with Crippen molar-refractivity contribution in [1.29, 1.82) is 0 Å². The number of likely N-dealkylation sites (tertiary alicyclic amines) is 1. The van der Waals surface area contributed by atoms with Crippen LogP contribution in [0, 0.1) is 12.8 Å². The molecule has 1 aromatic heterocycles. The van der Waals surface area contributed by atoms with E-state index in [9.17, 15) is 4.79 Å². The lowest BCUT2D eigenvalue weighted by Gasteiger charge is -2.32. The normalized spacial score (nSPS) is 17.0. The van der Waals surface area contributed by atoms with E-state index < -0.39 is 0 Å². The smallest absolute Gasteiger partial charge is 0.253 e. The molecule has 0 spiro atoms. The summed E-state index contributed by atoms with van der Waals surface area (Å²) < 4.78 is 5.92. The van der Waals surface area contributed by atoms with Gasteiger partial charge in [0.15, 0.2) is 0 Å². The van der Waals surface area contributed by atoms with Crippen LogP contribution in [0.1, 0.15) is 28.9 Å². The molecule has 0 aliphatic carbocycles. The summed E-state index contributed by atoms with van der Waals surface area (Å²) in [5, 5.41) is 0. The maximum Gasteiger partial charge on any atom is 0.253 e. The first-order valence-electron chi connectivity index (χ1n) is 9.15. The second-order valence-corrected chi connectivity index (χ2v) is 7.14. The predicted molar refractivity (Wildman–Crippen MR) is 104 cm³/mol. The van der Waals surface area contributed by atoms with E-state index in [0.717, 1.165) is 48.6 Å². The van der Waals surface area contributed by atoms with E-state index in [1.165, 1.54) is 0 Å². The van der Waals surface area contributed by atoms with Gasteiger partial charge < -0.3 is 14.5 Å². The van der Waals surface area contributed by atoms with Crippen molar-refractivity contribution < 1.29 is 9.53 Å². The predicted octanol–water partition coefficient (Wildman–Crippen LogP) is 3.39. The zero-order valence-corrected chi connectivity index (χ0v) is 15.8. The number of carbonyl (C=O) groups is 1. The Hall–Kier alpha value is -2.56. The van der Waals surface area contributed by atoms with Gasteiger partial charge in [-0.25, -0.2) is 0 Å². The van der Waals surface area contributed by atoms with Gasteiger partial charge in [-0.15, -0.1) is 0 Å². The number of nitrogens with zero attached hydrogens (tertiary/aromatic N) is 3. The third kappa shape index (κ3) is 4.54. The molecule has 1 aliphatic rings. The zero-order valence-electron chi connectivity index (χ0n) is 15.8. The van der Waals surface area contributed by atoms with Gasteiger partial charge in [-0.05, 0) is 50.1 Å². The number of anilines is 1. The molecule has 1 amide bonds. The van der Waals surface area contributed by atoms with E-state index >= 15 is 0 Å². The van der Waals surface area contributed by atoms with E-state index in [1.807, 2.05) is 67.2 Å². The standard InChI is InChI=1S/C21H27N3O2/c1-16-13-20(10-11-22-16)26-15-17-5-4-12-24(14-17)21(25)18-6-8-19(9-7-18)23(2)3/h6-11,13,17H,4-5,12,14-15H2,1-3H3. The number of pyridine rings is 1. The van der Waals surface area contributed by atoms with E-state index in [2.05, 4.69) is 4.98 Å². The van der Waals surface area contributed by atoms with Crippen LogP contribution in [0.25, 0.3) is 0 Å². The molecular formula is C21H27N3O2. The Morgan fingerprint density at radius 3 is 2.73 bits per heavy atom. The molecule has 5 heteroatoms. The SMILES string of the molecule is Cc1cc(OCC2CCCN(C(=O)c3ccc(N(C)C)cc3)C2)ccn1. The van der Waals surface area contributed by atoms with Gasteiger partial charge in [0, 0.05) is 62.3 Å². The molecule has 5 nitrogen and oxygen atoms in total. The molecule has 1 aliphatic heterocycles. The van der Waals surface area contributed by atoms with E-state index in [-0.39, 0.29) is 5.91 Å². The van der Waals surface area contributed by atoms with Gasteiger partial charge in [-0.2, -0.15) is 0 Å². The molecule has 2 heterocycles. The first-order chi connectivity index (χ1) is 12.5. The van der Waals surface area contributed by atoms with Gasteiger partial charge in [0.1, 0.15) is 5.75 Å². The molecule has 138 valence electrons. The number of rotatable bonds is 5. The molecule has 2 aromatic rings. The Morgan fingerprint density at radius 1 is 1.27 bits per heavy atom. The summed E-state index contributed by atoms with van der Waals surface area (Å²) in [7, 11) is 3.99. The number of carbonyl (C=O) groups excluding carboxylic acids is 1. The summed E-state index contributed by atoms with van der Waals surface area (Å²) in [6, 6.07) is 11.6. The summed E-state index contributed by atoms with van der Waals surface area (Å²) in [6.07, 6.45) is 3.87. The highest BCUT2D eigenvalue weighted by Crippen LogP contribution is 2.21. The largest absolute Gasteiger partial charge is 0.493 e. The molecule has 0 bridgehead atoms. The fourth-order valence-corrected chi connectivity index (χ4v) is 3.29. The number of hydrogen-bond acceptors (Lipinski definition) is 4. The summed E-state index contributed by atoms with van der Waals surface area (Å²) in [5.41, 5.74) is 2.80. The first kappa shape index (κ1) is 18.2.